The van der Waals surface area contributed by atoms with Crippen LogP contribution in [0.15, 0.2) is 30.9 Å². The van der Waals surface area contributed by atoms with Gasteiger partial charge in [-0.05, 0) is 25.1 Å². The Hall–Kier alpha value is -1.86. The van der Waals surface area contributed by atoms with Crippen molar-refractivity contribution in [3.63, 3.8) is 0 Å². The third kappa shape index (κ3) is 2.61. The molecule has 1 aromatic heterocycles. The molecule has 0 saturated heterocycles. The molecule has 2 aromatic rings. The van der Waals surface area contributed by atoms with Crippen LogP contribution in [0.1, 0.15) is 12.5 Å². The topological polar surface area (TPSA) is 71.2 Å². The highest BCUT2D eigenvalue weighted by Gasteiger charge is 2.38. The van der Waals surface area contributed by atoms with Crippen molar-refractivity contribution in [2.75, 3.05) is 0 Å². The van der Waals surface area contributed by atoms with Crippen molar-refractivity contribution in [3.8, 4) is 0 Å². The van der Waals surface area contributed by atoms with Crippen LogP contribution in [0.25, 0.3) is 0 Å². The van der Waals surface area contributed by atoms with Gasteiger partial charge in [0.05, 0.1) is 12.6 Å². The van der Waals surface area contributed by atoms with Crippen LogP contribution in [0.5, 0.6) is 0 Å². The summed E-state index contributed by atoms with van der Waals surface area (Å²) in [7, 11) is 0. The quantitative estimate of drug-likeness (QED) is 0.862. The maximum Gasteiger partial charge on any atom is 0.138 e. The Balaban J connectivity index is 2.46. The van der Waals surface area contributed by atoms with Crippen LogP contribution in [0, 0.1) is 11.6 Å². The van der Waals surface area contributed by atoms with Crippen molar-refractivity contribution < 1.29 is 19.0 Å². The number of aliphatic hydroxyl groups is 2. The third-order valence-corrected chi connectivity index (χ3v) is 2.96. The van der Waals surface area contributed by atoms with E-state index in [-0.39, 0.29) is 12.1 Å². The van der Waals surface area contributed by atoms with Gasteiger partial charge in [-0.1, -0.05) is 0 Å². The largest absolute Gasteiger partial charge is 0.390 e. The molecule has 5 nitrogen and oxygen atoms in total. The van der Waals surface area contributed by atoms with Crippen molar-refractivity contribution in [2.45, 2.75) is 25.2 Å². The molecular formula is C12H13F2N3O2. The second kappa shape index (κ2) is 5.02. The smallest absolute Gasteiger partial charge is 0.138 e. The van der Waals surface area contributed by atoms with Gasteiger partial charge in [-0.15, -0.1) is 0 Å². The first-order valence-corrected chi connectivity index (χ1v) is 5.62. The number of aromatic nitrogens is 3. The molecular weight excluding hydrogens is 256 g/mol. The van der Waals surface area contributed by atoms with E-state index in [0.717, 1.165) is 18.2 Å². The molecule has 0 radical (unpaired) electrons. The van der Waals surface area contributed by atoms with Crippen LogP contribution in [0.3, 0.4) is 0 Å². The molecule has 0 saturated carbocycles. The second-order valence-corrected chi connectivity index (χ2v) is 4.32. The summed E-state index contributed by atoms with van der Waals surface area (Å²) in [6.07, 6.45) is 1.22. The highest BCUT2D eigenvalue weighted by atomic mass is 19.1. The Morgan fingerprint density at radius 1 is 1.42 bits per heavy atom. The summed E-state index contributed by atoms with van der Waals surface area (Å²) in [5.74, 6) is -1.50. The molecule has 102 valence electrons. The maximum atomic E-state index is 13.8. The van der Waals surface area contributed by atoms with E-state index in [9.17, 15) is 19.0 Å². The summed E-state index contributed by atoms with van der Waals surface area (Å²) in [6.45, 7) is 1.05. The lowest BCUT2D eigenvalue weighted by molar-refractivity contribution is -0.0875. The van der Waals surface area contributed by atoms with E-state index < -0.39 is 23.3 Å². The first-order valence-electron chi connectivity index (χ1n) is 5.62. The van der Waals surface area contributed by atoms with Gasteiger partial charge in [0, 0.05) is 5.56 Å². The average Bonchev–Trinajstić information content (AvgIpc) is 2.84. The predicted octanol–water partition coefficient (Wildman–Crippen LogP) is 0.825. The molecule has 19 heavy (non-hydrogen) atoms. The van der Waals surface area contributed by atoms with Gasteiger partial charge in [-0.25, -0.2) is 18.4 Å². The number of benzene rings is 1. The van der Waals surface area contributed by atoms with Crippen LogP contribution in [0.4, 0.5) is 8.78 Å². The van der Waals surface area contributed by atoms with E-state index in [4.69, 9.17) is 0 Å². The number of rotatable bonds is 4. The Labute approximate surface area is 108 Å². The highest BCUT2D eigenvalue weighted by molar-refractivity contribution is 5.26. The molecule has 0 aliphatic carbocycles. The van der Waals surface area contributed by atoms with Crippen LogP contribution in [-0.4, -0.2) is 31.1 Å². The predicted molar refractivity (Wildman–Crippen MR) is 62.0 cm³/mol. The van der Waals surface area contributed by atoms with Crippen molar-refractivity contribution in [1.82, 2.24) is 14.8 Å². The summed E-state index contributed by atoms with van der Waals surface area (Å²) in [5.41, 5.74) is -2.32. The average molecular weight is 269 g/mol. The lowest BCUT2D eigenvalue weighted by Crippen LogP contribution is -2.42. The summed E-state index contributed by atoms with van der Waals surface area (Å²) in [4.78, 5) is 3.69. The van der Waals surface area contributed by atoms with Gasteiger partial charge in [-0.3, -0.25) is 0 Å². The molecule has 2 N–H and O–H groups in total. The molecule has 1 aromatic carbocycles. The second-order valence-electron chi connectivity index (χ2n) is 4.32. The minimum Gasteiger partial charge on any atom is -0.390 e. The molecule has 0 aliphatic heterocycles. The summed E-state index contributed by atoms with van der Waals surface area (Å²) < 4.78 is 28.2. The Kier molecular flexibility index (Phi) is 3.59. The van der Waals surface area contributed by atoms with Crippen molar-refractivity contribution >= 4 is 0 Å². The fourth-order valence-electron chi connectivity index (χ4n) is 1.83. The number of hydrogen-bond donors (Lipinski definition) is 2. The molecule has 7 heteroatoms. The van der Waals surface area contributed by atoms with Crippen molar-refractivity contribution in [3.05, 3.63) is 48.1 Å². The lowest BCUT2D eigenvalue weighted by atomic mass is 9.88. The van der Waals surface area contributed by atoms with Gasteiger partial charge >= 0.3 is 0 Å². The molecule has 2 atom stereocenters. The van der Waals surface area contributed by atoms with Crippen LogP contribution < -0.4 is 0 Å². The van der Waals surface area contributed by atoms with Crippen LogP contribution in [-0.2, 0) is 12.1 Å². The normalized spacial score (nSPS) is 16.1. The Bertz CT molecular complexity index is 560. The SMILES string of the molecule is C[C@@H](O)[C@](O)(Cn1cncn1)c1cc(F)ccc1F. The van der Waals surface area contributed by atoms with Crippen molar-refractivity contribution in [2.24, 2.45) is 0 Å². The standard InChI is InChI=1S/C12H13F2N3O2/c1-8(18)12(19,5-17-7-15-6-16-17)10-4-9(13)2-3-11(10)14/h2-4,6-8,18-19H,5H2,1H3/t8-,12-/m1/s1. The van der Waals surface area contributed by atoms with E-state index in [1.807, 2.05) is 0 Å². The minimum atomic E-state index is -2.00. The molecule has 0 bridgehead atoms. The highest BCUT2D eigenvalue weighted by Crippen LogP contribution is 2.29. The number of halogens is 2. The van der Waals surface area contributed by atoms with E-state index in [2.05, 4.69) is 10.1 Å². The molecule has 0 spiro atoms. The van der Waals surface area contributed by atoms with E-state index in [0.29, 0.717) is 0 Å². The number of aliphatic hydroxyl groups excluding tert-OH is 1. The van der Waals surface area contributed by atoms with Crippen molar-refractivity contribution in [1.29, 1.82) is 0 Å². The summed E-state index contributed by atoms with van der Waals surface area (Å²) >= 11 is 0. The third-order valence-electron chi connectivity index (χ3n) is 2.96. The van der Waals surface area contributed by atoms with E-state index in [1.54, 1.807) is 0 Å². The van der Waals surface area contributed by atoms with E-state index >= 15 is 0 Å². The monoisotopic (exact) mass is 269 g/mol. The zero-order chi connectivity index (χ0) is 14.0. The summed E-state index contributed by atoms with van der Waals surface area (Å²) in [5, 5.41) is 24.0. The fourth-order valence-corrected chi connectivity index (χ4v) is 1.83. The number of hydrogen-bond acceptors (Lipinski definition) is 4. The Morgan fingerprint density at radius 3 is 2.74 bits per heavy atom. The van der Waals surface area contributed by atoms with Crippen LogP contribution in [0.2, 0.25) is 0 Å². The van der Waals surface area contributed by atoms with Crippen LogP contribution >= 0.6 is 0 Å². The van der Waals surface area contributed by atoms with Gasteiger partial charge in [0.2, 0.25) is 0 Å². The fraction of sp³-hybridized carbons (Fsp3) is 0.333. The first-order chi connectivity index (χ1) is 8.93. The minimum absolute atomic E-state index is 0.245. The molecule has 0 aliphatic rings. The molecule has 0 unspecified atom stereocenters. The van der Waals surface area contributed by atoms with Gasteiger partial charge in [0.15, 0.2) is 0 Å². The van der Waals surface area contributed by atoms with Gasteiger partial charge < -0.3 is 10.2 Å². The zero-order valence-corrected chi connectivity index (χ0v) is 10.2. The molecule has 0 amide bonds. The molecule has 2 rings (SSSR count). The molecule has 1 heterocycles. The maximum absolute atomic E-state index is 13.8. The Morgan fingerprint density at radius 2 is 2.16 bits per heavy atom. The van der Waals surface area contributed by atoms with Gasteiger partial charge in [-0.2, -0.15) is 5.10 Å². The van der Waals surface area contributed by atoms with E-state index in [1.165, 1.54) is 24.3 Å². The lowest BCUT2D eigenvalue weighted by Gasteiger charge is -2.31. The van der Waals surface area contributed by atoms with Gasteiger partial charge in [0.1, 0.15) is 29.9 Å². The summed E-state index contributed by atoms with van der Waals surface area (Å²) in [6, 6.07) is 2.70. The van der Waals surface area contributed by atoms with Gasteiger partial charge in [0.25, 0.3) is 0 Å². The first kappa shape index (κ1) is 13.6. The zero-order valence-electron chi connectivity index (χ0n) is 10.2. The molecule has 0 fully saturated rings. The number of nitrogens with zero attached hydrogens (tertiary/aromatic N) is 3.